The van der Waals surface area contributed by atoms with Gasteiger partial charge in [0.2, 0.25) is 5.79 Å². The van der Waals surface area contributed by atoms with Gasteiger partial charge in [-0.15, -0.1) is 0 Å². The van der Waals surface area contributed by atoms with Gasteiger partial charge in [0.05, 0.1) is 17.1 Å². The Balaban J connectivity index is 0.00000216. The summed E-state index contributed by atoms with van der Waals surface area (Å²) in [7, 11) is 9.59. The van der Waals surface area contributed by atoms with Gasteiger partial charge >= 0.3 is 33.3 Å². The van der Waals surface area contributed by atoms with Gasteiger partial charge in [-0.05, 0) is 92.2 Å². The van der Waals surface area contributed by atoms with E-state index in [0.29, 0.717) is 35.5 Å². The molecule has 3 heterocycles. The van der Waals surface area contributed by atoms with Crippen molar-refractivity contribution in [1.29, 1.82) is 0 Å². The van der Waals surface area contributed by atoms with Crippen molar-refractivity contribution in [2.24, 2.45) is 35.5 Å². The van der Waals surface area contributed by atoms with Crippen molar-refractivity contribution in [3.63, 3.8) is 0 Å². The molecule has 0 bridgehead atoms. The number of aromatic nitrogens is 6. The molecule has 0 saturated heterocycles. The maximum absolute atomic E-state index is 5.40. The summed E-state index contributed by atoms with van der Waals surface area (Å²) in [5.74, 6) is 2.39. The Morgan fingerprint density at radius 3 is 0.886 bits per heavy atom. The van der Waals surface area contributed by atoms with E-state index in [4.69, 9.17) is 35.5 Å². The van der Waals surface area contributed by atoms with Crippen LogP contribution < -0.4 is 0 Å². The predicted octanol–water partition coefficient (Wildman–Crippen LogP) is 9.57. The Kier molecular flexibility index (Phi) is 15.6. The minimum absolute atomic E-state index is 0.00694. The molecule has 3 aromatic rings. The third kappa shape index (κ3) is 10.9. The molecule has 251 valence electrons. The van der Waals surface area contributed by atoms with Crippen LogP contribution in [-0.4, -0.2) is 29.3 Å². The van der Waals surface area contributed by atoms with Crippen LogP contribution >= 0.6 is 20.2 Å². The van der Waals surface area contributed by atoms with Crippen LogP contribution in [0.15, 0.2) is 18.2 Å². The molecule has 0 aromatic carbocycles. The minimum atomic E-state index is -0.752. The van der Waals surface area contributed by atoms with Gasteiger partial charge in [-0.3, -0.25) is 0 Å². The van der Waals surface area contributed by atoms with Gasteiger partial charge in [-0.25, -0.2) is 14.0 Å². The van der Waals surface area contributed by atoms with Gasteiger partial charge in [0.15, 0.2) is 0 Å². The van der Waals surface area contributed by atoms with Crippen LogP contribution in [0, 0.1) is 35.5 Å². The standard InChI is InChI=1S/C35H60N6.2ClH.Mn/c1-23(2)14-29-20-32(17-26(7)8)39(36-29)35(13,40-33(18-27(9)10)21-30(37-40)15-24(3)4)41-34(19-28(11)12)22-31(38-41)16-25(5)6;;;/h20-28H,14-19H2,1-13H3;2*1H;/q;;;+2/p-2. The molecule has 9 heteroatoms. The molecule has 0 fully saturated rings. The SMILES string of the molecule is CC(C)Cc1cc(CC(C)C)n(C(C)(n2nc(CC(C)C)cc2CC(C)C)n2nc(CC(C)C)cc2CC(C)C)n1.[Cl][Mn][Cl]. The van der Waals surface area contributed by atoms with Crippen molar-refractivity contribution in [2.45, 2.75) is 134 Å². The average molecular weight is 691 g/mol. The van der Waals surface area contributed by atoms with Crippen LogP contribution in [0.1, 0.15) is 124 Å². The Labute approximate surface area is 283 Å². The summed E-state index contributed by atoms with van der Waals surface area (Å²) in [6.45, 7) is 29.8. The number of rotatable bonds is 15. The molecule has 0 atom stereocenters. The van der Waals surface area contributed by atoms with E-state index in [0.717, 1.165) is 55.6 Å². The molecule has 0 aliphatic rings. The monoisotopic (exact) mass is 689 g/mol. The fourth-order valence-corrected chi connectivity index (χ4v) is 6.04. The molecule has 6 nitrogen and oxygen atoms in total. The molecule has 0 amide bonds. The molecular weight excluding hydrogens is 630 g/mol. The molecule has 0 spiro atoms. The predicted molar refractivity (Wildman–Crippen MR) is 184 cm³/mol. The van der Waals surface area contributed by atoms with E-state index in [1.54, 1.807) is 0 Å². The summed E-state index contributed by atoms with van der Waals surface area (Å²) in [5, 5.41) is 16.2. The maximum atomic E-state index is 5.40. The Bertz CT molecular complexity index is 1120. The van der Waals surface area contributed by atoms with E-state index in [-0.39, 0.29) is 13.1 Å². The zero-order valence-electron chi connectivity index (χ0n) is 29.8. The Morgan fingerprint density at radius 2 is 0.705 bits per heavy atom. The van der Waals surface area contributed by atoms with E-state index in [2.05, 4.69) is 122 Å². The van der Waals surface area contributed by atoms with Gasteiger partial charge in [-0.2, -0.15) is 15.3 Å². The van der Waals surface area contributed by atoms with Crippen LogP contribution in [0.25, 0.3) is 0 Å². The van der Waals surface area contributed by atoms with Gasteiger partial charge < -0.3 is 0 Å². The number of halogens is 2. The van der Waals surface area contributed by atoms with Crippen LogP contribution in [0.2, 0.25) is 0 Å². The van der Waals surface area contributed by atoms with Crippen LogP contribution in [0.4, 0.5) is 0 Å². The van der Waals surface area contributed by atoms with Crippen LogP contribution in [0.3, 0.4) is 0 Å². The van der Waals surface area contributed by atoms with Crippen molar-refractivity contribution < 1.29 is 13.1 Å². The van der Waals surface area contributed by atoms with Crippen molar-refractivity contribution in [3.8, 4) is 0 Å². The van der Waals surface area contributed by atoms with E-state index in [1.165, 1.54) is 17.1 Å². The second-order valence-electron chi connectivity index (χ2n) is 15.2. The summed E-state index contributed by atoms with van der Waals surface area (Å²) >= 11 is 0.00694. The molecule has 0 unspecified atom stereocenters. The fourth-order valence-electron chi connectivity index (χ4n) is 6.04. The van der Waals surface area contributed by atoms with Gasteiger partial charge in [0.25, 0.3) is 0 Å². The van der Waals surface area contributed by atoms with Crippen molar-refractivity contribution >= 4 is 20.2 Å². The molecule has 0 saturated carbocycles. The summed E-state index contributed by atoms with van der Waals surface area (Å²) in [6, 6.07) is 7.04. The molecule has 0 aliphatic heterocycles. The van der Waals surface area contributed by atoms with Crippen molar-refractivity contribution in [2.75, 3.05) is 0 Å². The Morgan fingerprint density at radius 1 is 0.500 bits per heavy atom. The summed E-state index contributed by atoms with van der Waals surface area (Å²) in [5.41, 5.74) is 7.23. The summed E-state index contributed by atoms with van der Waals surface area (Å²) in [6.07, 6.45) is 5.75. The van der Waals surface area contributed by atoms with Crippen LogP contribution in [-0.2, 0) is 57.4 Å². The van der Waals surface area contributed by atoms with Gasteiger partial charge in [0.1, 0.15) is 0 Å². The third-order valence-electron chi connectivity index (χ3n) is 7.41. The van der Waals surface area contributed by atoms with Crippen LogP contribution in [0.5, 0.6) is 0 Å². The Hall–Kier alpha value is -1.27. The summed E-state index contributed by atoms with van der Waals surface area (Å²) in [4.78, 5) is 0. The molecule has 3 rings (SSSR count). The normalized spacial score (nSPS) is 12.5. The van der Waals surface area contributed by atoms with E-state index >= 15 is 0 Å². The van der Waals surface area contributed by atoms with Gasteiger partial charge in [-0.1, -0.05) is 83.1 Å². The van der Waals surface area contributed by atoms with E-state index in [1.807, 2.05) is 0 Å². The molecule has 0 radical (unpaired) electrons. The number of hydrogen-bond donors (Lipinski definition) is 0. The molecule has 3 aromatic heterocycles. The fraction of sp³-hybridized carbons (Fsp3) is 0.743. The first-order valence-electron chi connectivity index (χ1n) is 16.6. The van der Waals surface area contributed by atoms with E-state index in [9.17, 15) is 0 Å². The molecule has 0 aliphatic carbocycles. The zero-order chi connectivity index (χ0) is 33.4. The zero-order valence-corrected chi connectivity index (χ0v) is 32.4. The summed E-state index contributed by atoms with van der Waals surface area (Å²) < 4.78 is 6.87. The molecule has 44 heavy (non-hydrogen) atoms. The quantitative estimate of drug-likeness (QED) is 0.149. The average Bonchev–Trinajstić information content (AvgIpc) is 3.54. The first-order chi connectivity index (χ1) is 20.5. The molecule has 0 N–H and O–H groups in total. The van der Waals surface area contributed by atoms with E-state index < -0.39 is 5.79 Å². The third-order valence-corrected chi connectivity index (χ3v) is 7.41. The second kappa shape index (κ2) is 17.6. The molecular formula is C35H60Cl2MnN6. The number of nitrogens with zero attached hydrogens (tertiary/aromatic N) is 6. The first-order valence-corrected chi connectivity index (χ1v) is 19.9. The van der Waals surface area contributed by atoms with Crippen molar-refractivity contribution in [1.82, 2.24) is 29.3 Å². The topological polar surface area (TPSA) is 53.5 Å². The second-order valence-corrected chi connectivity index (χ2v) is 17.2. The first kappa shape index (κ1) is 38.9. The number of hydrogen-bond acceptors (Lipinski definition) is 3. The van der Waals surface area contributed by atoms with Gasteiger partial charge in [0, 0.05) is 24.0 Å². The van der Waals surface area contributed by atoms with Crippen molar-refractivity contribution in [3.05, 3.63) is 52.4 Å².